The minimum absolute atomic E-state index is 0. The summed E-state index contributed by atoms with van der Waals surface area (Å²) in [6.45, 7) is 1.18. The SMILES string of the molecule is Cl.O=C(NC1CCCC1)c1cccc(C2CC2NCC2CC2)c1. The van der Waals surface area contributed by atoms with E-state index in [0.29, 0.717) is 18.0 Å². The molecule has 3 saturated carbocycles. The van der Waals surface area contributed by atoms with Crippen molar-refractivity contribution >= 4 is 18.3 Å². The van der Waals surface area contributed by atoms with Crippen LogP contribution in [0.1, 0.15) is 66.8 Å². The van der Waals surface area contributed by atoms with Gasteiger partial charge in [0.25, 0.3) is 5.91 Å². The van der Waals surface area contributed by atoms with Gasteiger partial charge in [0.15, 0.2) is 0 Å². The fourth-order valence-electron chi connectivity index (χ4n) is 3.68. The number of amides is 1. The van der Waals surface area contributed by atoms with Crippen LogP contribution in [0, 0.1) is 5.92 Å². The third-order valence-corrected chi connectivity index (χ3v) is 5.42. The zero-order valence-electron chi connectivity index (χ0n) is 13.6. The van der Waals surface area contributed by atoms with E-state index in [1.54, 1.807) is 0 Å². The van der Waals surface area contributed by atoms with Crippen LogP contribution in [0.25, 0.3) is 0 Å². The summed E-state index contributed by atoms with van der Waals surface area (Å²) in [5.74, 6) is 1.65. The van der Waals surface area contributed by atoms with Crippen molar-refractivity contribution in [3.8, 4) is 0 Å². The Labute approximate surface area is 145 Å². The van der Waals surface area contributed by atoms with E-state index < -0.39 is 0 Å². The number of benzene rings is 1. The fourth-order valence-corrected chi connectivity index (χ4v) is 3.68. The standard InChI is InChI=1S/C19H26N2O.ClH/c22-19(21-16-6-1-2-7-16)15-5-3-4-14(10-15)17-11-18(17)20-12-13-8-9-13;/h3-5,10,13,16-18,20H,1-2,6-9,11-12H2,(H,21,22);1H. The van der Waals surface area contributed by atoms with Gasteiger partial charge in [-0.15, -0.1) is 12.4 Å². The van der Waals surface area contributed by atoms with E-state index in [-0.39, 0.29) is 18.3 Å². The molecular weight excluding hydrogens is 308 g/mol. The number of hydrogen-bond acceptors (Lipinski definition) is 2. The molecule has 4 heteroatoms. The zero-order chi connectivity index (χ0) is 14.9. The molecule has 23 heavy (non-hydrogen) atoms. The van der Waals surface area contributed by atoms with Crippen LogP contribution in [-0.2, 0) is 0 Å². The van der Waals surface area contributed by atoms with E-state index in [4.69, 9.17) is 0 Å². The van der Waals surface area contributed by atoms with E-state index in [2.05, 4.69) is 22.8 Å². The predicted molar refractivity (Wildman–Crippen MR) is 95.3 cm³/mol. The summed E-state index contributed by atoms with van der Waals surface area (Å²) in [5.41, 5.74) is 2.16. The second kappa shape index (κ2) is 7.23. The molecule has 4 rings (SSSR count). The number of hydrogen-bond donors (Lipinski definition) is 2. The lowest BCUT2D eigenvalue weighted by Crippen LogP contribution is -2.32. The molecule has 0 aromatic heterocycles. The monoisotopic (exact) mass is 334 g/mol. The molecule has 1 aromatic carbocycles. The van der Waals surface area contributed by atoms with E-state index >= 15 is 0 Å². The van der Waals surface area contributed by atoms with E-state index in [0.717, 1.165) is 24.3 Å². The average molecular weight is 335 g/mol. The molecule has 0 heterocycles. The van der Waals surface area contributed by atoms with Crippen molar-refractivity contribution in [2.45, 2.75) is 62.9 Å². The molecule has 2 N–H and O–H groups in total. The molecule has 0 radical (unpaired) electrons. The van der Waals surface area contributed by atoms with Crippen molar-refractivity contribution in [2.75, 3.05) is 6.54 Å². The maximum Gasteiger partial charge on any atom is 0.251 e. The molecule has 1 aromatic rings. The van der Waals surface area contributed by atoms with Crippen molar-refractivity contribution in [1.29, 1.82) is 0 Å². The van der Waals surface area contributed by atoms with Gasteiger partial charge in [-0.1, -0.05) is 25.0 Å². The third kappa shape index (κ3) is 4.27. The molecule has 1 amide bonds. The molecule has 2 unspecified atom stereocenters. The summed E-state index contributed by atoms with van der Waals surface area (Å²) >= 11 is 0. The Hall–Kier alpha value is -1.06. The second-order valence-corrected chi connectivity index (χ2v) is 7.38. The largest absolute Gasteiger partial charge is 0.349 e. The minimum atomic E-state index is 0. The van der Waals surface area contributed by atoms with E-state index in [9.17, 15) is 4.79 Å². The number of nitrogens with one attached hydrogen (secondary N) is 2. The molecule has 3 fully saturated rings. The third-order valence-electron chi connectivity index (χ3n) is 5.42. The summed E-state index contributed by atoms with van der Waals surface area (Å²) in [6.07, 6.45) is 8.81. The molecule has 3 nitrogen and oxygen atoms in total. The lowest BCUT2D eigenvalue weighted by molar-refractivity contribution is 0.0938. The van der Waals surface area contributed by atoms with E-state index in [1.807, 2.05) is 12.1 Å². The molecular formula is C19H27ClN2O. The first-order valence-electron chi connectivity index (χ1n) is 8.94. The van der Waals surface area contributed by atoms with Crippen LogP contribution in [0.2, 0.25) is 0 Å². The number of carbonyl (C=O) groups is 1. The van der Waals surface area contributed by atoms with Crippen molar-refractivity contribution < 1.29 is 4.79 Å². The summed E-state index contributed by atoms with van der Waals surface area (Å²) in [5, 5.41) is 6.86. The van der Waals surface area contributed by atoms with Crippen LogP contribution < -0.4 is 10.6 Å². The maximum absolute atomic E-state index is 12.4. The molecule has 126 valence electrons. The van der Waals surface area contributed by atoms with Gasteiger partial charge < -0.3 is 10.6 Å². The highest BCUT2D eigenvalue weighted by Gasteiger charge is 2.39. The second-order valence-electron chi connectivity index (χ2n) is 7.38. The molecule has 0 bridgehead atoms. The lowest BCUT2D eigenvalue weighted by atomic mass is 10.1. The first-order valence-corrected chi connectivity index (χ1v) is 8.94. The number of halogens is 1. The normalized spacial score (nSPS) is 26.6. The summed E-state index contributed by atoms with van der Waals surface area (Å²) in [4.78, 5) is 12.4. The average Bonchev–Trinajstić information content (AvgIpc) is 3.45. The Morgan fingerprint density at radius 1 is 1.13 bits per heavy atom. The van der Waals surface area contributed by atoms with Gasteiger partial charge in [-0.25, -0.2) is 0 Å². The smallest absolute Gasteiger partial charge is 0.251 e. The fraction of sp³-hybridized carbons (Fsp3) is 0.632. The Morgan fingerprint density at radius 3 is 2.65 bits per heavy atom. The summed E-state index contributed by atoms with van der Waals surface area (Å²) in [6, 6.07) is 9.29. The molecule has 3 aliphatic carbocycles. The van der Waals surface area contributed by atoms with Gasteiger partial charge in [0.1, 0.15) is 0 Å². The number of carbonyl (C=O) groups excluding carboxylic acids is 1. The Kier molecular flexibility index (Phi) is 5.27. The molecule has 2 atom stereocenters. The van der Waals surface area contributed by atoms with Crippen LogP contribution in [-0.4, -0.2) is 24.5 Å². The van der Waals surface area contributed by atoms with Crippen LogP contribution in [0.3, 0.4) is 0 Å². The van der Waals surface area contributed by atoms with Gasteiger partial charge in [-0.3, -0.25) is 4.79 Å². The van der Waals surface area contributed by atoms with E-state index in [1.165, 1.54) is 44.2 Å². The van der Waals surface area contributed by atoms with Crippen LogP contribution in [0.5, 0.6) is 0 Å². The quantitative estimate of drug-likeness (QED) is 0.834. The highest BCUT2D eigenvalue weighted by molar-refractivity contribution is 5.94. The van der Waals surface area contributed by atoms with Crippen molar-refractivity contribution in [3.63, 3.8) is 0 Å². The van der Waals surface area contributed by atoms with Crippen molar-refractivity contribution in [2.24, 2.45) is 5.92 Å². The Bertz CT molecular complexity index is 552. The topological polar surface area (TPSA) is 41.1 Å². The van der Waals surface area contributed by atoms with Crippen molar-refractivity contribution in [3.05, 3.63) is 35.4 Å². The van der Waals surface area contributed by atoms with Crippen molar-refractivity contribution in [1.82, 2.24) is 10.6 Å². The van der Waals surface area contributed by atoms with Crippen LogP contribution in [0.15, 0.2) is 24.3 Å². The Balaban J connectivity index is 0.00000156. The first kappa shape index (κ1) is 16.8. The molecule has 3 aliphatic rings. The van der Waals surface area contributed by atoms with Crippen LogP contribution in [0.4, 0.5) is 0 Å². The first-order chi connectivity index (χ1) is 10.8. The zero-order valence-corrected chi connectivity index (χ0v) is 14.4. The maximum atomic E-state index is 12.4. The van der Waals surface area contributed by atoms with Gasteiger partial charge in [0.05, 0.1) is 0 Å². The van der Waals surface area contributed by atoms with Gasteiger partial charge in [-0.2, -0.15) is 0 Å². The van der Waals surface area contributed by atoms with Crippen LogP contribution >= 0.6 is 12.4 Å². The highest BCUT2D eigenvalue weighted by atomic mass is 35.5. The Morgan fingerprint density at radius 2 is 1.91 bits per heavy atom. The van der Waals surface area contributed by atoms with Gasteiger partial charge in [0, 0.05) is 23.6 Å². The summed E-state index contributed by atoms with van der Waals surface area (Å²) < 4.78 is 0. The minimum Gasteiger partial charge on any atom is -0.349 e. The number of rotatable bonds is 6. The lowest BCUT2D eigenvalue weighted by Gasteiger charge is -2.12. The van der Waals surface area contributed by atoms with Gasteiger partial charge in [-0.05, 0) is 62.3 Å². The predicted octanol–water partition coefficient (Wildman–Crippen LogP) is 3.64. The molecule has 0 saturated heterocycles. The highest BCUT2D eigenvalue weighted by Crippen LogP contribution is 2.41. The summed E-state index contributed by atoms with van der Waals surface area (Å²) in [7, 11) is 0. The molecule has 0 spiro atoms. The molecule has 0 aliphatic heterocycles. The van der Waals surface area contributed by atoms with Gasteiger partial charge in [0.2, 0.25) is 0 Å². The van der Waals surface area contributed by atoms with Gasteiger partial charge >= 0.3 is 0 Å².